The number of carbonyl (C=O) groups excluding carboxylic acids is 4. The van der Waals surface area contributed by atoms with E-state index in [-0.39, 0.29) is 25.0 Å². The summed E-state index contributed by atoms with van der Waals surface area (Å²) in [6, 6.07) is 0. The first-order valence-corrected chi connectivity index (χ1v) is 6.30. The number of nitrogens with zero attached hydrogens (tertiary/aromatic N) is 1. The summed E-state index contributed by atoms with van der Waals surface area (Å²) in [5.74, 6) is -0.805. The smallest absolute Gasteiger partial charge is 0.330 e. The van der Waals surface area contributed by atoms with Crippen LogP contribution in [-0.4, -0.2) is 40.1 Å². The van der Waals surface area contributed by atoms with E-state index in [0.29, 0.717) is 16.6 Å². The van der Waals surface area contributed by atoms with Gasteiger partial charge in [-0.25, -0.2) is 4.79 Å². The first-order chi connectivity index (χ1) is 8.00. The van der Waals surface area contributed by atoms with Gasteiger partial charge in [0, 0.05) is 18.6 Å². The van der Waals surface area contributed by atoms with Crippen molar-refractivity contribution in [2.75, 3.05) is 11.5 Å². The topological polar surface area (TPSA) is 80.8 Å². The van der Waals surface area contributed by atoms with E-state index >= 15 is 0 Å². The van der Waals surface area contributed by atoms with Crippen molar-refractivity contribution >= 4 is 35.3 Å². The lowest BCUT2D eigenvalue weighted by Gasteiger charge is -2.12. The predicted molar refractivity (Wildman–Crippen MR) is 59.8 cm³/mol. The van der Waals surface area contributed by atoms with Crippen LogP contribution in [0.1, 0.15) is 26.2 Å². The Balaban J connectivity index is 2.23. The molecule has 0 radical (unpaired) electrons. The van der Waals surface area contributed by atoms with E-state index in [4.69, 9.17) is 0 Å². The highest BCUT2D eigenvalue weighted by atomic mass is 32.2. The van der Waals surface area contributed by atoms with Gasteiger partial charge >= 0.3 is 5.97 Å². The van der Waals surface area contributed by atoms with Crippen LogP contribution in [0.4, 0.5) is 0 Å². The van der Waals surface area contributed by atoms with Gasteiger partial charge in [0.15, 0.2) is 0 Å². The van der Waals surface area contributed by atoms with Crippen molar-refractivity contribution in [3.63, 3.8) is 0 Å². The highest BCUT2D eigenvalue weighted by Gasteiger charge is 2.32. The number of imide groups is 1. The summed E-state index contributed by atoms with van der Waals surface area (Å²) in [4.78, 5) is 48.8. The van der Waals surface area contributed by atoms with Crippen LogP contribution in [0, 0.1) is 0 Å². The highest BCUT2D eigenvalue weighted by Crippen LogP contribution is 2.13. The molecule has 1 aliphatic rings. The van der Waals surface area contributed by atoms with Gasteiger partial charge in [0.2, 0.25) is 0 Å². The number of amides is 2. The molecule has 1 saturated heterocycles. The molecular weight excluding hydrogens is 246 g/mol. The van der Waals surface area contributed by atoms with Gasteiger partial charge < -0.3 is 4.84 Å². The van der Waals surface area contributed by atoms with E-state index in [1.165, 1.54) is 18.7 Å². The molecule has 2 amide bonds. The minimum atomic E-state index is -0.635. The first kappa shape index (κ1) is 13.7. The van der Waals surface area contributed by atoms with Gasteiger partial charge in [-0.1, -0.05) is 0 Å². The summed E-state index contributed by atoms with van der Waals surface area (Å²) in [7, 11) is 0. The van der Waals surface area contributed by atoms with E-state index in [1.807, 2.05) is 0 Å². The van der Waals surface area contributed by atoms with Crippen molar-refractivity contribution in [3.05, 3.63) is 0 Å². The van der Waals surface area contributed by atoms with Crippen molar-refractivity contribution < 1.29 is 24.0 Å². The Bertz CT molecular complexity index is 339. The number of rotatable bonds is 6. The summed E-state index contributed by atoms with van der Waals surface area (Å²) in [5.41, 5.74) is 0. The van der Waals surface area contributed by atoms with Crippen molar-refractivity contribution in [1.29, 1.82) is 0 Å². The number of hydrogen-bond donors (Lipinski definition) is 0. The molecule has 1 fully saturated rings. The third-order valence-electron chi connectivity index (χ3n) is 1.95. The Morgan fingerprint density at radius 1 is 1.29 bits per heavy atom. The van der Waals surface area contributed by atoms with Gasteiger partial charge in [0.05, 0.1) is 12.2 Å². The fourth-order valence-corrected chi connectivity index (χ4v) is 1.92. The van der Waals surface area contributed by atoms with Gasteiger partial charge in [-0.2, -0.15) is 11.8 Å². The largest absolute Gasteiger partial charge is 0.334 e. The van der Waals surface area contributed by atoms with E-state index < -0.39 is 17.8 Å². The van der Waals surface area contributed by atoms with Crippen LogP contribution < -0.4 is 0 Å². The lowest BCUT2D eigenvalue weighted by molar-refractivity contribution is -0.197. The minimum absolute atomic E-state index is 0.0354. The third-order valence-corrected chi connectivity index (χ3v) is 3.06. The van der Waals surface area contributed by atoms with Gasteiger partial charge in [0.25, 0.3) is 11.8 Å². The van der Waals surface area contributed by atoms with Crippen molar-refractivity contribution in [2.45, 2.75) is 26.2 Å². The van der Waals surface area contributed by atoms with Crippen LogP contribution in [-0.2, 0) is 24.0 Å². The number of hydroxylamine groups is 2. The fourth-order valence-electron chi connectivity index (χ4n) is 1.18. The predicted octanol–water partition coefficient (Wildman–Crippen LogP) is 0.306. The van der Waals surface area contributed by atoms with Crippen LogP contribution in [0.15, 0.2) is 0 Å². The van der Waals surface area contributed by atoms with E-state index in [9.17, 15) is 19.2 Å². The molecule has 0 aliphatic carbocycles. The van der Waals surface area contributed by atoms with E-state index in [0.717, 1.165) is 0 Å². The summed E-state index contributed by atoms with van der Waals surface area (Å²) in [6.45, 7) is 1.47. The Labute approximate surface area is 103 Å². The number of Topliss-reactive ketones (excluding diaryl/α,β-unsaturated/α-hetero) is 1. The molecule has 1 heterocycles. The molecule has 7 heteroatoms. The lowest BCUT2D eigenvalue weighted by atomic mass is 10.4. The third kappa shape index (κ3) is 4.56. The fraction of sp³-hybridized carbons (Fsp3) is 0.600. The van der Waals surface area contributed by atoms with Gasteiger partial charge in [0.1, 0.15) is 5.78 Å². The Kier molecular flexibility index (Phi) is 5.14. The van der Waals surface area contributed by atoms with Crippen LogP contribution >= 0.6 is 11.8 Å². The molecule has 0 unspecified atom stereocenters. The molecule has 0 aromatic carbocycles. The number of ketones is 1. The SMILES string of the molecule is CC(=O)CSCCC(=O)ON1C(=O)CCC1=O. The van der Waals surface area contributed by atoms with Gasteiger partial charge in [-0.15, -0.1) is 5.06 Å². The van der Waals surface area contributed by atoms with Crippen LogP contribution in [0.5, 0.6) is 0 Å². The summed E-state index contributed by atoms with van der Waals surface area (Å²) in [6.07, 6.45) is 0.241. The van der Waals surface area contributed by atoms with Crippen molar-refractivity contribution in [3.8, 4) is 0 Å². The molecule has 94 valence electrons. The summed E-state index contributed by atoms with van der Waals surface area (Å²) in [5, 5.41) is 0.526. The maximum atomic E-state index is 11.3. The first-order valence-electron chi connectivity index (χ1n) is 5.14. The second-order valence-corrected chi connectivity index (χ2v) is 4.65. The van der Waals surface area contributed by atoms with Crippen molar-refractivity contribution in [2.24, 2.45) is 0 Å². The molecule has 0 saturated carbocycles. The highest BCUT2D eigenvalue weighted by molar-refractivity contribution is 7.99. The molecule has 1 rings (SSSR count). The number of carbonyl (C=O) groups is 4. The number of thioether (sulfide) groups is 1. The molecule has 17 heavy (non-hydrogen) atoms. The summed E-state index contributed by atoms with van der Waals surface area (Å²) >= 11 is 1.31. The zero-order chi connectivity index (χ0) is 12.8. The average molecular weight is 259 g/mol. The summed E-state index contributed by atoms with van der Waals surface area (Å²) < 4.78 is 0. The quantitative estimate of drug-likeness (QED) is 0.504. The van der Waals surface area contributed by atoms with E-state index in [2.05, 4.69) is 4.84 Å². The Morgan fingerprint density at radius 2 is 1.88 bits per heavy atom. The average Bonchev–Trinajstić information content (AvgIpc) is 2.56. The molecule has 0 aromatic rings. The lowest BCUT2D eigenvalue weighted by Crippen LogP contribution is -2.32. The maximum absolute atomic E-state index is 11.3. The number of hydrogen-bond acceptors (Lipinski definition) is 6. The molecule has 0 atom stereocenters. The van der Waals surface area contributed by atoms with Crippen LogP contribution in [0.25, 0.3) is 0 Å². The molecule has 0 aromatic heterocycles. The zero-order valence-electron chi connectivity index (χ0n) is 9.43. The monoisotopic (exact) mass is 259 g/mol. The second-order valence-electron chi connectivity index (χ2n) is 3.55. The second kappa shape index (κ2) is 6.39. The van der Waals surface area contributed by atoms with Crippen molar-refractivity contribution in [1.82, 2.24) is 5.06 Å². The van der Waals surface area contributed by atoms with Gasteiger partial charge in [-0.05, 0) is 6.92 Å². The molecular formula is C10H13NO5S. The molecule has 0 bridgehead atoms. The standard InChI is InChI=1S/C10H13NO5S/c1-7(12)6-17-5-4-10(15)16-11-8(13)2-3-9(11)14/h2-6H2,1H3. The molecule has 6 nitrogen and oxygen atoms in total. The molecule has 1 aliphatic heterocycles. The normalized spacial score (nSPS) is 15.2. The zero-order valence-corrected chi connectivity index (χ0v) is 10.2. The van der Waals surface area contributed by atoms with Crippen LogP contribution in [0.3, 0.4) is 0 Å². The van der Waals surface area contributed by atoms with Gasteiger partial charge in [-0.3, -0.25) is 14.4 Å². The molecule has 0 N–H and O–H groups in total. The van der Waals surface area contributed by atoms with Crippen LogP contribution in [0.2, 0.25) is 0 Å². The Hall–Kier alpha value is -1.37. The molecule has 0 spiro atoms. The maximum Gasteiger partial charge on any atom is 0.334 e. The minimum Gasteiger partial charge on any atom is -0.330 e. The van der Waals surface area contributed by atoms with E-state index in [1.54, 1.807) is 0 Å². The Morgan fingerprint density at radius 3 is 2.41 bits per heavy atom.